The van der Waals surface area contributed by atoms with Crippen molar-refractivity contribution in [2.75, 3.05) is 0 Å². The van der Waals surface area contributed by atoms with Crippen molar-refractivity contribution < 1.29 is 19.1 Å². The Hall–Kier alpha value is -1.59. The van der Waals surface area contributed by atoms with Gasteiger partial charge in [-0.3, -0.25) is 4.84 Å². The summed E-state index contributed by atoms with van der Waals surface area (Å²) >= 11 is 0. The number of hydrogen-bond acceptors (Lipinski definition) is 5. The van der Waals surface area contributed by atoms with E-state index in [1.807, 2.05) is 39.0 Å². The number of hydrogen-bond donors (Lipinski definition) is 0. The van der Waals surface area contributed by atoms with Crippen molar-refractivity contribution in [1.82, 2.24) is 5.06 Å². The second-order valence-corrected chi connectivity index (χ2v) is 9.81. The smallest absolute Gasteiger partial charge is 0.431 e. The molecule has 1 fully saturated rings. The lowest BCUT2D eigenvalue weighted by atomic mass is 9.75. The number of carbonyl (C=O) groups is 1. The minimum absolute atomic E-state index is 0.0590. The Labute approximate surface area is 176 Å². The standard InChI is InChI=1S/C24H39NO4/c1-9-24(10-2)17-20(27-21(26)28-22(4,5)6)16-23(7,8)25(24)29-18(3)19-14-12-11-13-15-19/h11-15,18,20H,9-10,16-17H2,1-8H3. The first-order valence-electron chi connectivity index (χ1n) is 10.8. The maximum absolute atomic E-state index is 12.3. The summed E-state index contributed by atoms with van der Waals surface area (Å²) in [5.41, 5.74) is 0.0857. The first kappa shape index (κ1) is 23.7. The fourth-order valence-corrected chi connectivity index (χ4v) is 4.38. The minimum atomic E-state index is -0.591. The van der Waals surface area contributed by atoms with Crippen molar-refractivity contribution in [3.8, 4) is 0 Å². The molecule has 2 atom stereocenters. The summed E-state index contributed by atoms with van der Waals surface area (Å²) < 4.78 is 11.1. The van der Waals surface area contributed by atoms with Crippen LogP contribution in [0.2, 0.25) is 0 Å². The van der Waals surface area contributed by atoms with E-state index in [9.17, 15) is 4.79 Å². The lowest BCUT2D eigenvalue weighted by Crippen LogP contribution is -2.64. The normalized spacial score (nSPS) is 22.7. The van der Waals surface area contributed by atoms with Crippen LogP contribution in [0.1, 0.15) is 92.7 Å². The predicted octanol–water partition coefficient (Wildman–Crippen LogP) is 6.43. The first-order valence-corrected chi connectivity index (χ1v) is 10.8. The third-order valence-corrected chi connectivity index (χ3v) is 5.82. The fourth-order valence-electron chi connectivity index (χ4n) is 4.38. The lowest BCUT2D eigenvalue weighted by Gasteiger charge is -2.56. The van der Waals surface area contributed by atoms with Crippen LogP contribution in [-0.4, -0.2) is 34.0 Å². The van der Waals surface area contributed by atoms with E-state index >= 15 is 0 Å². The molecule has 0 radical (unpaired) electrons. The van der Waals surface area contributed by atoms with E-state index in [4.69, 9.17) is 14.3 Å². The molecule has 0 spiro atoms. The van der Waals surface area contributed by atoms with Gasteiger partial charge in [0.1, 0.15) is 17.8 Å². The number of benzene rings is 1. The zero-order valence-corrected chi connectivity index (χ0v) is 19.5. The van der Waals surface area contributed by atoms with E-state index in [1.165, 1.54) is 0 Å². The zero-order chi connectivity index (χ0) is 21.9. The van der Waals surface area contributed by atoms with Crippen LogP contribution >= 0.6 is 0 Å². The van der Waals surface area contributed by atoms with Gasteiger partial charge in [-0.2, -0.15) is 5.06 Å². The Morgan fingerprint density at radius 3 is 2.24 bits per heavy atom. The van der Waals surface area contributed by atoms with Crippen LogP contribution in [0.25, 0.3) is 0 Å². The average Bonchev–Trinajstić information content (AvgIpc) is 2.62. The summed E-state index contributed by atoms with van der Waals surface area (Å²) in [5, 5.41) is 2.19. The second-order valence-electron chi connectivity index (χ2n) is 9.81. The quantitative estimate of drug-likeness (QED) is 0.510. The molecule has 1 aliphatic heterocycles. The molecule has 5 heteroatoms. The molecule has 0 aliphatic carbocycles. The molecule has 1 aromatic rings. The van der Waals surface area contributed by atoms with Gasteiger partial charge in [0.15, 0.2) is 0 Å². The summed E-state index contributed by atoms with van der Waals surface area (Å²) in [6, 6.07) is 10.3. The molecule has 0 saturated carbocycles. The predicted molar refractivity (Wildman–Crippen MR) is 116 cm³/mol. The Morgan fingerprint density at radius 1 is 1.14 bits per heavy atom. The van der Waals surface area contributed by atoms with Gasteiger partial charge in [0.05, 0.1) is 0 Å². The molecule has 1 aliphatic rings. The van der Waals surface area contributed by atoms with Gasteiger partial charge < -0.3 is 9.47 Å². The van der Waals surface area contributed by atoms with Crippen molar-refractivity contribution in [2.24, 2.45) is 0 Å². The number of nitrogens with zero attached hydrogens (tertiary/aromatic N) is 1. The number of piperidine rings is 1. The van der Waals surface area contributed by atoms with Gasteiger partial charge in [0.25, 0.3) is 0 Å². The lowest BCUT2D eigenvalue weighted by molar-refractivity contribution is -0.323. The van der Waals surface area contributed by atoms with Crippen LogP contribution in [0, 0.1) is 0 Å². The molecule has 0 amide bonds. The van der Waals surface area contributed by atoms with Gasteiger partial charge in [-0.1, -0.05) is 44.2 Å². The van der Waals surface area contributed by atoms with E-state index in [0.29, 0.717) is 6.42 Å². The van der Waals surface area contributed by atoms with E-state index in [2.05, 4.69) is 51.8 Å². The van der Waals surface area contributed by atoms with E-state index in [1.54, 1.807) is 0 Å². The number of hydroxylamine groups is 2. The highest BCUT2D eigenvalue weighted by molar-refractivity contribution is 5.60. The van der Waals surface area contributed by atoms with Gasteiger partial charge in [0.2, 0.25) is 0 Å². The highest BCUT2D eigenvalue weighted by Crippen LogP contribution is 2.45. The Morgan fingerprint density at radius 2 is 1.72 bits per heavy atom. The SMILES string of the molecule is CCC1(CC)CC(OC(=O)OC(C)(C)C)CC(C)(C)N1OC(C)c1ccccc1. The van der Waals surface area contributed by atoms with Gasteiger partial charge in [0, 0.05) is 23.9 Å². The van der Waals surface area contributed by atoms with Crippen molar-refractivity contribution >= 4 is 6.16 Å². The van der Waals surface area contributed by atoms with E-state index in [0.717, 1.165) is 24.8 Å². The van der Waals surface area contributed by atoms with Crippen LogP contribution in [0.5, 0.6) is 0 Å². The maximum atomic E-state index is 12.3. The second kappa shape index (κ2) is 9.05. The molecule has 2 rings (SSSR count). The van der Waals surface area contributed by atoms with Gasteiger partial charge >= 0.3 is 6.16 Å². The molecule has 29 heavy (non-hydrogen) atoms. The third kappa shape index (κ3) is 5.95. The molecule has 0 N–H and O–H groups in total. The van der Waals surface area contributed by atoms with Crippen LogP contribution in [0.15, 0.2) is 30.3 Å². The Kier molecular flexibility index (Phi) is 7.39. The van der Waals surface area contributed by atoms with Crippen LogP contribution < -0.4 is 0 Å². The van der Waals surface area contributed by atoms with Crippen LogP contribution in [-0.2, 0) is 14.3 Å². The summed E-state index contributed by atoms with van der Waals surface area (Å²) in [6.07, 6.45) is 2.37. The number of rotatable bonds is 6. The van der Waals surface area contributed by atoms with E-state index in [-0.39, 0.29) is 23.3 Å². The third-order valence-electron chi connectivity index (χ3n) is 5.82. The highest BCUT2D eigenvalue weighted by Gasteiger charge is 2.51. The number of carbonyl (C=O) groups excluding carboxylic acids is 1. The Bertz CT molecular complexity index is 661. The highest BCUT2D eigenvalue weighted by atomic mass is 16.7. The molecule has 1 aromatic carbocycles. The summed E-state index contributed by atoms with van der Waals surface area (Å²) in [6.45, 7) is 16.3. The summed E-state index contributed by atoms with van der Waals surface area (Å²) in [5.74, 6) is 0. The van der Waals surface area contributed by atoms with Crippen molar-refractivity contribution in [1.29, 1.82) is 0 Å². The van der Waals surface area contributed by atoms with Crippen molar-refractivity contribution in [2.45, 2.75) is 110 Å². The van der Waals surface area contributed by atoms with Crippen molar-refractivity contribution in [3.63, 3.8) is 0 Å². The van der Waals surface area contributed by atoms with E-state index < -0.39 is 11.8 Å². The topological polar surface area (TPSA) is 48.0 Å². The molecule has 1 saturated heterocycles. The molecule has 164 valence electrons. The minimum Gasteiger partial charge on any atom is -0.431 e. The largest absolute Gasteiger partial charge is 0.509 e. The maximum Gasteiger partial charge on any atom is 0.509 e. The molecule has 0 bridgehead atoms. The molecule has 1 heterocycles. The van der Waals surface area contributed by atoms with Gasteiger partial charge in [-0.25, -0.2) is 4.79 Å². The van der Waals surface area contributed by atoms with Crippen LogP contribution in [0.3, 0.4) is 0 Å². The van der Waals surface area contributed by atoms with Gasteiger partial charge in [-0.05, 0) is 59.9 Å². The Balaban J connectivity index is 2.21. The first-order chi connectivity index (χ1) is 13.4. The molecule has 5 nitrogen and oxygen atoms in total. The molecule has 0 aromatic heterocycles. The fraction of sp³-hybridized carbons (Fsp3) is 0.708. The molecule has 2 unspecified atom stereocenters. The zero-order valence-electron chi connectivity index (χ0n) is 19.5. The number of ether oxygens (including phenoxy) is 2. The summed E-state index contributed by atoms with van der Waals surface area (Å²) in [4.78, 5) is 18.9. The van der Waals surface area contributed by atoms with Gasteiger partial charge in [-0.15, -0.1) is 0 Å². The average molecular weight is 406 g/mol. The van der Waals surface area contributed by atoms with Crippen molar-refractivity contribution in [3.05, 3.63) is 35.9 Å². The molecular formula is C24H39NO4. The molecular weight excluding hydrogens is 366 g/mol. The van der Waals surface area contributed by atoms with Crippen LogP contribution in [0.4, 0.5) is 4.79 Å². The monoisotopic (exact) mass is 405 g/mol. The summed E-state index contributed by atoms with van der Waals surface area (Å²) in [7, 11) is 0.